The Morgan fingerprint density at radius 3 is 2.62 bits per heavy atom. The average molecular weight is 376 g/mol. The summed E-state index contributed by atoms with van der Waals surface area (Å²) in [7, 11) is 5.78. The summed E-state index contributed by atoms with van der Waals surface area (Å²) in [6.45, 7) is 1.44. The molecule has 1 aromatic heterocycles. The van der Waals surface area contributed by atoms with E-state index in [1.807, 2.05) is 26.4 Å². The zero-order chi connectivity index (χ0) is 18.9. The summed E-state index contributed by atoms with van der Waals surface area (Å²) in [5, 5.41) is 6.81. The Bertz CT molecular complexity index is 739. The molecule has 0 saturated heterocycles. The Morgan fingerprint density at radius 1 is 1.27 bits per heavy atom. The third kappa shape index (κ3) is 6.11. The first-order chi connectivity index (χ1) is 12.5. The third-order valence-electron chi connectivity index (χ3n) is 4.02. The van der Waals surface area contributed by atoms with Gasteiger partial charge in [0.1, 0.15) is 0 Å². The first-order valence-corrected chi connectivity index (χ1v) is 8.95. The largest absolute Gasteiger partial charge is 0.356 e. The molecule has 0 bridgehead atoms. The molecule has 0 aliphatic carbocycles. The predicted molar refractivity (Wildman–Crippen MR) is 108 cm³/mol. The number of aryl methyl sites for hydroxylation is 1. The van der Waals surface area contributed by atoms with Gasteiger partial charge in [-0.25, -0.2) is 0 Å². The highest BCUT2D eigenvalue weighted by molar-refractivity contribution is 6.30. The molecule has 0 unspecified atom stereocenters. The molecule has 0 saturated carbocycles. The van der Waals surface area contributed by atoms with Gasteiger partial charge in [0.05, 0.1) is 6.54 Å². The standard InChI is InChI=1S/C19H26ClN5O/c1-21-19(25(3)14-17-6-5-13-24(17)2)22-12-4-7-18(26)23-16-10-8-15(20)9-11-16/h5-6,8-11,13H,4,7,12,14H2,1-3H3,(H,21,22)(H,23,26). The fraction of sp³-hybridized carbons (Fsp3) is 0.368. The number of halogens is 1. The highest BCUT2D eigenvalue weighted by atomic mass is 35.5. The van der Waals surface area contributed by atoms with Crippen LogP contribution in [-0.4, -0.2) is 42.0 Å². The van der Waals surface area contributed by atoms with Gasteiger partial charge in [-0.1, -0.05) is 11.6 Å². The lowest BCUT2D eigenvalue weighted by Crippen LogP contribution is -2.39. The number of amides is 1. The van der Waals surface area contributed by atoms with E-state index >= 15 is 0 Å². The molecule has 0 aliphatic rings. The van der Waals surface area contributed by atoms with Crippen molar-refractivity contribution in [3.8, 4) is 0 Å². The van der Waals surface area contributed by atoms with Gasteiger partial charge >= 0.3 is 0 Å². The van der Waals surface area contributed by atoms with Crippen LogP contribution in [0.15, 0.2) is 47.6 Å². The number of hydrogen-bond acceptors (Lipinski definition) is 2. The number of guanidine groups is 1. The fourth-order valence-electron chi connectivity index (χ4n) is 2.57. The van der Waals surface area contributed by atoms with Crippen molar-refractivity contribution in [1.82, 2.24) is 14.8 Å². The van der Waals surface area contributed by atoms with Crippen molar-refractivity contribution in [3.63, 3.8) is 0 Å². The molecule has 1 aromatic carbocycles. The van der Waals surface area contributed by atoms with Gasteiger partial charge in [-0.15, -0.1) is 0 Å². The van der Waals surface area contributed by atoms with Crippen LogP contribution in [0.1, 0.15) is 18.5 Å². The predicted octanol–water partition coefficient (Wildman–Crippen LogP) is 3.10. The second kappa shape index (κ2) is 9.87. The lowest BCUT2D eigenvalue weighted by Gasteiger charge is -2.22. The van der Waals surface area contributed by atoms with Gasteiger partial charge in [0.15, 0.2) is 5.96 Å². The number of aromatic nitrogens is 1. The molecule has 2 aromatic rings. The zero-order valence-corrected chi connectivity index (χ0v) is 16.3. The Morgan fingerprint density at radius 2 is 2.00 bits per heavy atom. The van der Waals surface area contributed by atoms with Gasteiger partial charge in [-0.3, -0.25) is 9.79 Å². The normalized spacial score (nSPS) is 11.3. The topological polar surface area (TPSA) is 61.7 Å². The molecule has 7 heteroatoms. The van der Waals surface area contributed by atoms with Gasteiger partial charge in [-0.2, -0.15) is 0 Å². The van der Waals surface area contributed by atoms with Gasteiger partial charge in [0.25, 0.3) is 0 Å². The highest BCUT2D eigenvalue weighted by Gasteiger charge is 2.08. The average Bonchev–Trinajstić information content (AvgIpc) is 3.01. The fourth-order valence-corrected chi connectivity index (χ4v) is 2.70. The van der Waals surface area contributed by atoms with Gasteiger partial charge < -0.3 is 20.1 Å². The molecule has 6 nitrogen and oxygen atoms in total. The molecule has 0 atom stereocenters. The van der Waals surface area contributed by atoms with Crippen LogP contribution in [0.3, 0.4) is 0 Å². The van der Waals surface area contributed by atoms with Crippen LogP contribution in [0.4, 0.5) is 5.69 Å². The first-order valence-electron chi connectivity index (χ1n) is 8.57. The SMILES string of the molecule is CN=C(NCCCC(=O)Nc1ccc(Cl)cc1)N(C)Cc1cccn1C. The molecule has 0 spiro atoms. The van der Waals surface area contributed by atoms with Crippen molar-refractivity contribution < 1.29 is 4.79 Å². The smallest absolute Gasteiger partial charge is 0.224 e. The molecular formula is C19H26ClN5O. The Kier molecular flexibility index (Phi) is 7.53. The summed E-state index contributed by atoms with van der Waals surface area (Å²) < 4.78 is 2.09. The number of carbonyl (C=O) groups is 1. The monoisotopic (exact) mass is 375 g/mol. The van der Waals surface area contributed by atoms with E-state index in [0.717, 1.165) is 24.6 Å². The lowest BCUT2D eigenvalue weighted by atomic mass is 10.2. The van der Waals surface area contributed by atoms with Crippen molar-refractivity contribution in [2.45, 2.75) is 19.4 Å². The van der Waals surface area contributed by atoms with Crippen LogP contribution >= 0.6 is 11.6 Å². The van der Waals surface area contributed by atoms with Crippen molar-refractivity contribution in [3.05, 3.63) is 53.3 Å². The number of aliphatic imine (C=N–C) groups is 1. The minimum Gasteiger partial charge on any atom is -0.356 e. The number of carbonyl (C=O) groups excluding carboxylic acids is 1. The van der Waals surface area contributed by atoms with Crippen LogP contribution < -0.4 is 10.6 Å². The summed E-state index contributed by atoms with van der Waals surface area (Å²) >= 11 is 5.84. The maximum atomic E-state index is 12.0. The molecule has 2 rings (SSSR count). The molecular weight excluding hydrogens is 350 g/mol. The molecule has 0 radical (unpaired) electrons. The second-order valence-corrected chi connectivity index (χ2v) is 6.54. The summed E-state index contributed by atoms with van der Waals surface area (Å²) in [5.74, 6) is 0.797. The molecule has 0 aliphatic heterocycles. The van der Waals surface area contributed by atoms with Crippen molar-refractivity contribution in [2.24, 2.45) is 12.0 Å². The first kappa shape index (κ1) is 19.8. The number of nitrogens with zero attached hydrogens (tertiary/aromatic N) is 3. The number of anilines is 1. The molecule has 1 amide bonds. The lowest BCUT2D eigenvalue weighted by molar-refractivity contribution is -0.116. The molecule has 1 heterocycles. The van der Waals surface area contributed by atoms with E-state index < -0.39 is 0 Å². The summed E-state index contributed by atoms with van der Waals surface area (Å²) in [6.07, 6.45) is 3.18. The Balaban J connectivity index is 1.70. The van der Waals surface area contributed by atoms with E-state index in [2.05, 4.69) is 31.2 Å². The number of benzene rings is 1. The van der Waals surface area contributed by atoms with E-state index in [1.54, 1.807) is 31.3 Å². The van der Waals surface area contributed by atoms with E-state index in [4.69, 9.17) is 11.6 Å². The van der Waals surface area contributed by atoms with Gasteiger partial charge in [0, 0.05) is 56.7 Å². The summed E-state index contributed by atoms with van der Waals surface area (Å²) in [6, 6.07) is 11.2. The van der Waals surface area contributed by atoms with Crippen LogP contribution in [0.5, 0.6) is 0 Å². The van der Waals surface area contributed by atoms with Gasteiger partial charge in [-0.05, 0) is 42.8 Å². The summed E-state index contributed by atoms with van der Waals surface area (Å²) in [4.78, 5) is 18.3. The number of hydrogen-bond donors (Lipinski definition) is 2. The molecule has 140 valence electrons. The maximum Gasteiger partial charge on any atom is 0.224 e. The van der Waals surface area contributed by atoms with Crippen LogP contribution in [0.2, 0.25) is 5.02 Å². The van der Waals surface area contributed by atoms with Crippen LogP contribution in [0.25, 0.3) is 0 Å². The molecule has 0 fully saturated rings. The summed E-state index contributed by atoms with van der Waals surface area (Å²) in [5.41, 5.74) is 1.96. The quantitative estimate of drug-likeness (QED) is 0.444. The van der Waals surface area contributed by atoms with Crippen molar-refractivity contribution in [1.29, 1.82) is 0 Å². The Hall–Kier alpha value is -2.47. The van der Waals surface area contributed by atoms with Crippen molar-refractivity contribution >= 4 is 29.2 Å². The number of rotatable bonds is 7. The highest BCUT2D eigenvalue weighted by Crippen LogP contribution is 2.13. The van der Waals surface area contributed by atoms with E-state index in [1.165, 1.54) is 5.69 Å². The second-order valence-electron chi connectivity index (χ2n) is 6.10. The zero-order valence-electron chi connectivity index (χ0n) is 15.5. The van der Waals surface area contributed by atoms with Crippen LogP contribution in [-0.2, 0) is 18.4 Å². The molecule has 2 N–H and O–H groups in total. The van der Waals surface area contributed by atoms with E-state index in [0.29, 0.717) is 18.0 Å². The minimum atomic E-state index is -0.0127. The minimum absolute atomic E-state index is 0.0127. The third-order valence-corrected chi connectivity index (χ3v) is 4.27. The Labute approximate surface area is 159 Å². The van der Waals surface area contributed by atoms with E-state index in [-0.39, 0.29) is 5.91 Å². The van der Waals surface area contributed by atoms with Gasteiger partial charge in [0.2, 0.25) is 5.91 Å². The van der Waals surface area contributed by atoms with Crippen LogP contribution in [0, 0.1) is 0 Å². The maximum absolute atomic E-state index is 12.0. The molecule has 26 heavy (non-hydrogen) atoms. The number of nitrogens with one attached hydrogen (secondary N) is 2. The van der Waals surface area contributed by atoms with Crippen molar-refractivity contribution in [2.75, 3.05) is 26.0 Å². The van der Waals surface area contributed by atoms with E-state index in [9.17, 15) is 4.79 Å².